The van der Waals surface area contributed by atoms with Crippen LogP contribution in [0, 0.1) is 11.3 Å². The molecule has 2 N–H and O–H groups in total. The molecule has 0 amide bonds. The van der Waals surface area contributed by atoms with Gasteiger partial charge in [-0.05, 0) is 51.4 Å². The first kappa shape index (κ1) is 17.0. The van der Waals surface area contributed by atoms with Crippen molar-refractivity contribution in [2.24, 2.45) is 16.3 Å². The minimum absolute atomic E-state index is 0.376. The Balaban J connectivity index is 1.33. The largest absolute Gasteiger partial charge is 0.381 e. The zero-order valence-corrected chi connectivity index (χ0v) is 14.8. The zero-order chi connectivity index (χ0) is 16.1. The zero-order valence-electron chi connectivity index (χ0n) is 14.8. The summed E-state index contributed by atoms with van der Waals surface area (Å²) in [5.41, 5.74) is 0.376. The molecule has 0 saturated heterocycles. The molecule has 5 nitrogen and oxygen atoms in total. The van der Waals surface area contributed by atoms with Crippen LogP contribution in [0.15, 0.2) is 4.99 Å². The van der Waals surface area contributed by atoms with Crippen LogP contribution in [0.2, 0.25) is 0 Å². The maximum atomic E-state index is 5.91. The SMILES string of the molecule is CCOC1CC(NC(=NC)NCCCOCC2CC2)C12CCC2. The fourth-order valence-electron chi connectivity index (χ4n) is 3.92. The second-order valence-electron chi connectivity index (χ2n) is 7.33. The van der Waals surface area contributed by atoms with Crippen molar-refractivity contribution < 1.29 is 9.47 Å². The molecule has 0 aliphatic heterocycles. The van der Waals surface area contributed by atoms with Gasteiger partial charge in [0.25, 0.3) is 0 Å². The van der Waals surface area contributed by atoms with Crippen molar-refractivity contribution in [2.75, 3.05) is 33.4 Å². The molecule has 2 unspecified atom stereocenters. The van der Waals surface area contributed by atoms with Gasteiger partial charge in [0.2, 0.25) is 0 Å². The molecule has 0 aromatic heterocycles. The predicted molar refractivity (Wildman–Crippen MR) is 92.8 cm³/mol. The molecule has 132 valence electrons. The van der Waals surface area contributed by atoms with Crippen LogP contribution in [0.25, 0.3) is 0 Å². The number of rotatable bonds is 9. The third-order valence-electron chi connectivity index (χ3n) is 5.78. The summed E-state index contributed by atoms with van der Waals surface area (Å²) < 4.78 is 11.6. The van der Waals surface area contributed by atoms with Crippen LogP contribution in [0.3, 0.4) is 0 Å². The van der Waals surface area contributed by atoms with Crippen LogP contribution in [-0.4, -0.2) is 51.5 Å². The molecule has 3 saturated carbocycles. The molecule has 5 heteroatoms. The van der Waals surface area contributed by atoms with Gasteiger partial charge in [-0.2, -0.15) is 0 Å². The summed E-state index contributed by atoms with van der Waals surface area (Å²) in [5.74, 6) is 1.78. The minimum Gasteiger partial charge on any atom is -0.381 e. The molecule has 0 aromatic rings. The van der Waals surface area contributed by atoms with Gasteiger partial charge in [-0.3, -0.25) is 4.99 Å². The molecule has 3 aliphatic carbocycles. The van der Waals surface area contributed by atoms with Gasteiger partial charge >= 0.3 is 0 Å². The van der Waals surface area contributed by atoms with Crippen LogP contribution in [0.4, 0.5) is 0 Å². The predicted octanol–water partition coefficient (Wildman–Crippen LogP) is 2.32. The molecule has 0 aromatic carbocycles. The highest BCUT2D eigenvalue weighted by Gasteiger charge is 2.59. The molecule has 3 rings (SSSR count). The fraction of sp³-hybridized carbons (Fsp3) is 0.944. The monoisotopic (exact) mass is 323 g/mol. The Labute approximate surface area is 140 Å². The van der Waals surface area contributed by atoms with E-state index < -0.39 is 0 Å². The highest BCUT2D eigenvalue weighted by Crippen LogP contribution is 2.57. The van der Waals surface area contributed by atoms with Crippen LogP contribution in [-0.2, 0) is 9.47 Å². The number of nitrogens with one attached hydrogen (secondary N) is 2. The Morgan fingerprint density at radius 3 is 2.74 bits per heavy atom. The molecule has 0 radical (unpaired) electrons. The third-order valence-corrected chi connectivity index (χ3v) is 5.78. The lowest BCUT2D eigenvalue weighted by Crippen LogP contribution is -2.68. The highest BCUT2D eigenvalue weighted by molar-refractivity contribution is 5.80. The van der Waals surface area contributed by atoms with Gasteiger partial charge < -0.3 is 20.1 Å². The number of aliphatic imine (C=N–C) groups is 1. The quantitative estimate of drug-likeness (QED) is 0.388. The maximum Gasteiger partial charge on any atom is 0.191 e. The second kappa shape index (κ2) is 7.84. The summed E-state index contributed by atoms with van der Waals surface area (Å²) in [4.78, 5) is 4.37. The van der Waals surface area contributed by atoms with E-state index in [-0.39, 0.29) is 0 Å². The normalized spacial score (nSPS) is 29.0. The summed E-state index contributed by atoms with van der Waals surface area (Å²) in [6.45, 7) is 5.64. The topological polar surface area (TPSA) is 54.9 Å². The van der Waals surface area contributed by atoms with Gasteiger partial charge in [0.05, 0.1) is 6.10 Å². The first-order chi connectivity index (χ1) is 11.3. The van der Waals surface area contributed by atoms with Crippen LogP contribution >= 0.6 is 0 Å². The van der Waals surface area contributed by atoms with Gasteiger partial charge in [0.15, 0.2) is 5.96 Å². The van der Waals surface area contributed by atoms with Gasteiger partial charge in [0.1, 0.15) is 0 Å². The molecule has 1 spiro atoms. The fourth-order valence-corrected chi connectivity index (χ4v) is 3.92. The van der Waals surface area contributed by atoms with Gasteiger partial charge in [0, 0.05) is 44.9 Å². The van der Waals surface area contributed by atoms with E-state index in [9.17, 15) is 0 Å². The second-order valence-corrected chi connectivity index (χ2v) is 7.33. The smallest absolute Gasteiger partial charge is 0.191 e. The molecular formula is C18H33N3O2. The van der Waals surface area contributed by atoms with Crippen molar-refractivity contribution in [3.8, 4) is 0 Å². The Kier molecular flexibility index (Phi) is 5.81. The van der Waals surface area contributed by atoms with E-state index in [2.05, 4.69) is 22.5 Å². The van der Waals surface area contributed by atoms with Crippen molar-refractivity contribution >= 4 is 5.96 Å². The maximum absolute atomic E-state index is 5.91. The summed E-state index contributed by atoms with van der Waals surface area (Å²) >= 11 is 0. The average molecular weight is 323 g/mol. The van der Waals surface area contributed by atoms with Crippen molar-refractivity contribution in [2.45, 2.75) is 64.0 Å². The first-order valence-corrected chi connectivity index (χ1v) is 9.45. The summed E-state index contributed by atoms with van der Waals surface area (Å²) in [6.07, 6.45) is 9.24. The van der Waals surface area contributed by atoms with Gasteiger partial charge in [-0.25, -0.2) is 0 Å². The number of hydrogen-bond acceptors (Lipinski definition) is 3. The Bertz CT molecular complexity index is 405. The minimum atomic E-state index is 0.376. The van der Waals surface area contributed by atoms with Crippen molar-refractivity contribution in [1.29, 1.82) is 0 Å². The van der Waals surface area contributed by atoms with E-state index in [4.69, 9.17) is 9.47 Å². The standard InChI is InChI=1S/C18H33N3O2/c1-3-23-16-12-15(18(16)8-4-9-18)21-17(19-2)20-10-5-11-22-13-14-6-7-14/h14-16H,3-13H2,1-2H3,(H2,19,20,21). The van der Waals surface area contributed by atoms with E-state index in [0.29, 0.717) is 17.6 Å². The molecule has 3 aliphatic rings. The van der Waals surface area contributed by atoms with Crippen molar-refractivity contribution in [3.05, 3.63) is 0 Å². The number of ether oxygens (including phenoxy) is 2. The molecule has 0 heterocycles. The molecule has 2 atom stereocenters. The van der Waals surface area contributed by atoms with Crippen molar-refractivity contribution in [3.63, 3.8) is 0 Å². The summed E-state index contributed by atoms with van der Waals surface area (Å²) in [6, 6.07) is 0.519. The Hall–Kier alpha value is -0.810. The van der Waals surface area contributed by atoms with E-state index in [1.54, 1.807) is 0 Å². The van der Waals surface area contributed by atoms with Crippen LogP contribution in [0.5, 0.6) is 0 Å². The molecule has 3 fully saturated rings. The lowest BCUT2D eigenvalue weighted by molar-refractivity contribution is -0.168. The molecule has 23 heavy (non-hydrogen) atoms. The lowest BCUT2D eigenvalue weighted by atomic mass is 9.51. The third kappa shape index (κ3) is 4.00. The van der Waals surface area contributed by atoms with Gasteiger partial charge in [-0.15, -0.1) is 0 Å². The highest BCUT2D eigenvalue weighted by atomic mass is 16.5. The van der Waals surface area contributed by atoms with E-state index in [1.165, 1.54) is 32.1 Å². The lowest BCUT2D eigenvalue weighted by Gasteiger charge is -2.61. The van der Waals surface area contributed by atoms with Crippen molar-refractivity contribution in [1.82, 2.24) is 10.6 Å². The summed E-state index contributed by atoms with van der Waals surface area (Å²) in [7, 11) is 1.85. The number of guanidine groups is 1. The Morgan fingerprint density at radius 2 is 2.13 bits per heavy atom. The number of nitrogens with zero attached hydrogens (tertiary/aromatic N) is 1. The molecule has 0 bridgehead atoms. The summed E-state index contributed by atoms with van der Waals surface area (Å²) in [5, 5.41) is 7.04. The van der Waals surface area contributed by atoms with Crippen LogP contribution in [0.1, 0.15) is 51.9 Å². The molecular weight excluding hydrogens is 290 g/mol. The van der Waals surface area contributed by atoms with Crippen LogP contribution < -0.4 is 10.6 Å². The van der Waals surface area contributed by atoms with E-state index >= 15 is 0 Å². The van der Waals surface area contributed by atoms with E-state index in [0.717, 1.165) is 51.1 Å². The average Bonchev–Trinajstić information content (AvgIpc) is 3.30. The number of hydrogen-bond donors (Lipinski definition) is 2. The van der Waals surface area contributed by atoms with Gasteiger partial charge in [-0.1, -0.05) is 6.42 Å². The first-order valence-electron chi connectivity index (χ1n) is 9.45. The Morgan fingerprint density at radius 1 is 1.30 bits per heavy atom. The van der Waals surface area contributed by atoms with E-state index in [1.807, 2.05) is 7.05 Å².